The number of phenols is 2. The largest absolute Gasteiger partial charge is 0.508 e. The molecule has 2 N–H and O–H groups in total. The number of aryl methyl sites for hydroxylation is 4. The Kier molecular flexibility index (Phi) is 8.41. The molecule has 0 saturated carbocycles. The van der Waals surface area contributed by atoms with E-state index in [1.54, 1.807) is 0 Å². The molecule has 0 bridgehead atoms. The Labute approximate surface area is 171 Å². The van der Waals surface area contributed by atoms with E-state index in [1.807, 2.05) is 18.2 Å². The van der Waals surface area contributed by atoms with Crippen molar-refractivity contribution in [2.75, 3.05) is 0 Å². The maximum Gasteiger partial charge on any atom is 0.119 e. The molecule has 2 nitrogen and oxygen atoms in total. The van der Waals surface area contributed by atoms with Gasteiger partial charge in [0.2, 0.25) is 0 Å². The molecule has 1 unspecified atom stereocenters. The van der Waals surface area contributed by atoms with Crippen LogP contribution in [-0.2, 0) is 12.8 Å². The van der Waals surface area contributed by atoms with Crippen molar-refractivity contribution in [1.82, 2.24) is 0 Å². The topological polar surface area (TPSA) is 40.5 Å². The summed E-state index contributed by atoms with van der Waals surface area (Å²) in [4.78, 5) is 0. The summed E-state index contributed by atoms with van der Waals surface area (Å²) in [6.07, 6.45) is 8.54. The van der Waals surface area contributed by atoms with E-state index >= 15 is 0 Å². The first-order chi connectivity index (χ1) is 13.4. The monoisotopic (exact) mass is 382 g/mol. The summed E-state index contributed by atoms with van der Waals surface area (Å²) in [5.74, 6) is 0.949. The van der Waals surface area contributed by atoms with Gasteiger partial charge in [-0.25, -0.2) is 0 Å². The molecule has 0 amide bonds. The molecule has 0 saturated heterocycles. The summed E-state index contributed by atoms with van der Waals surface area (Å²) in [5, 5.41) is 21.2. The van der Waals surface area contributed by atoms with E-state index < -0.39 is 0 Å². The quantitative estimate of drug-likeness (QED) is 0.451. The van der Waals surface area contributed by atoms with Crippen LogP contribution in [0.4, 0.5) is 0 Å². The van der Waals surface area contributed by atoms with E-state index in [-0.39, 0.29) is 5.92 Å². The Balaban J connectivity index is 2.67. The van der Waals surface area contributed by atoms with E-state index in [9.17, 15) is 10.2 Å². The van der Waals surface area contributed by atoms with Gasteiger partial charge in [-0.2, -0.15) is 0 Å². The van der Waals surface area contributed by atoms with Crippen LogP contribution >= 0.6 is 0 Å². The minimum Gasteiger partial charge on any atom is -0.508 e. The fraction of sp³-hybridized carbons (Fsp3) is 0.538. The molecule has 2 heteroatoms. The lowest BCUT2D eigenvalue weighted by atomic mass is 9.78. The first-order valence-corrected chi connectivity index (χ1v) is 11.1. The molecule has 2 aromatic carbocycles. The predicted octanol–water partition coefficient (Wildman–Crippen LogP) is 7.33. The van der Waals surface area contributed by atoms with E-state index in [4.69, 9.17) is 0 Å². The van der Waals surface area contributed by atoms with E-state index in [2.05, 4.69) is 40.7 Å². The lowest BCUT2D eigenvalue weighted by Crippen LogP contribution is -2.11. The molecule has 0 spiro atoms. The third kappa shape index (κ3) is 5.31. The highest BCUT2D eigenvalue weighted by Gasteiger charge is 2.25. The average Bonchev–Trinajstić information content (AvgIpc) is 2.63. The van der Waals surface area contributed by atoms with Gasteiger partial charge in [0.15, 0.2) is 0 Å². The van der Waals surface area contributed by atoms with Gasteiger partial charge in [0.25, 0.3) is 0 Å². The fourth-order valence-electron chi connectivity index (χ4n) is 4.47. The van der Waals surface area contributed by atoms with Crippen molar-refractivity contribution in [3.63, 3.8) is 0 Å². The van der Waals surface area contributed by atoms with Crippen molar-refractivity contribution in [2.45, 2.75) is 91.9 Å². The second-order valence-electron chi connectivity index (χ2n) is 8.24. The number of unbranched alkanes of at least 4 members (excludes halogenated alkanes) is 2. The predicted molar refractivity (Wildman–Crippen MR) is 120 cm³/mol. The Bertz CT molecular complexity index is 713. The second kappa shape index (κ2) is 10.5. The molecule has 154 valence electrons. The van der Waals surface area contributed by atoms with Gasteiger partial charge < -0.3 is 10.2 Å². The summed E-state index contributed by atoms with van der Waals surface area (Å²) in [6.45, 7) is 10.8. The van der Waals surface area contributed by atoms with Gasteiger partial charge in [-0.05, 0) is 92.0 Å². The first-order valence-electron chi connectivity index (χ1n) is 11.1. The van der Waals surface area contributed by atoms with Crippen LogP contribution in [0.15, 0.2) is 24.3 Å². The molecular formula is C26H38O2. The van der Waals surface area contributed by atoms with Gasteiger partial charge in [-0.1, -0.05) is 46.1 Å². The molecule has 0 aliphatic heterocycles. The number of hydrogen-bond donors (Lipinski definition) is 2. The molecule has 0 aliphatic carbocycles. The van der Waals surface area contributed by atoms with E-state index in [1.165, 1.54) is 16.7 Å². The van der Waals surface area contributed by atoms with Crippen LogP contribution in [0.25, 0.3) is 0 Å². The zero-order valence-corrected chi connectivity index (χ0v) is 18.4. The standard InChI is InChI=1S/C26H38O2/c1-6-9-12-20-14-18(4)15-24(28)26(20)23(11-8-3)25-19(5)16-22(27)17-21(25)13-10-7-2/h14-17,23,27-28H,6-13H2,1-5H3. The fourth-order valence-corrected chi connectivity index (χ4v) is 4.47. The van der Waals surface area contributed by atoms with Gasteiger partial charge in [0.05, 0.1) is 0 Å². The summed E-state index contributed by atoms with van der Waals surface area (Å²) in [5.41, 5.74) is 7.19. The molecule has 0 fully saturated rings. The van der Waals surface area contributed by atoms with Gasteiger partial charge in [0.1, 0.15) is 11.5 Å². The zero-order valence-electron chi connectivity index (χ0n) is 18.4. The number of hydrogen-bond acceptors (Lipinski definition) is 2. The molecule has 0 radical (unpaired) electrons. The molecule has 2 rings (SSSR count). The molecular weight excluding hydrogens is 344 g/mol. The van der Waals surface area contributed by atoms with Gasteiger partial charge >= 0.3 is 0 Å². The summed E-state index contributed by atoms with van der Waals surface area (Å²) in [6, 6.07) is 7.99. The number of benzene rings is 2. The normalized spacial score (nSPS) is 12.3. The van der Waals surface area contributed by atoms with Crippen molar-refractivity contribution in [1.29, 1.82) is 0 Å². The molecule has 0 aromatic heterocycles. The van der Waals surface area contributed by atoms with Crippen LogP contribution in [0.3, 0.4) is 0 Å². The third-order valence-electron chi connectivity index (χ3n) is 5.72. The highest BCUT2D eigenvalue weighted by Crippen LogP contribution is 2.42. The van der Waals surface area contributed by atoms with E-state index in [0.29, 0.717) is 11.5 Å². The van der Waals surface area contributed by atoms with Crippen LogP contribution in [-0.4, -0.2) is 10.2 Å². The average molecular weight is 383 g/mol. The first kappa shape index (κ1) is 22.3. The van der Waals surface area contributed by atoms with Crippen molar-refractivity contribution < 1.29 is 10.2 Å². The van der Waals surface area contributed by atoms with Crippen molar-refractivity contribution in [3.05, 3.63) is 57.6 Å². The summed E-state index contributed by atoms with van der Waals surface area (Å²) in [7, 11) is 0. The lowest BCUT2D eigenvalue weighted by Gasteiger charge is -2.27. The van der Waals surface area contributed by atoms with Crippen LogP contribution in [0.5, 0.6) is 11.5 Å². The maximum atomic E-state index is 11.0. The molecule has 0 aliphatic rings. The summed E-state index contributed by atoms with van der Waals surface area (Å²) >= 11 is 0. The SMILES string of the molecule is CCCCc1cc(O)cc(C)c1C(CCC)c1c(O)cc(C)cc1CCCC. The highest BCUT2D eigenvalue weighted by atomic mass is 16.3. The molecule has 28 heavy (non-hydrogen) atoms. The molecule has 0 heterocycles. The van der Waals surface area contributed by atoms with Gasteiger partial charge in [0, 0.05) is 11.5 Å². The minimum atomic E-state index is 0.171. The Morgan fingerprint density at radius 3 is 1.93 bits per heavy atom. The van der Waals surface area contributed by atoms with Crippen LogP contribution in [0.2, 0.25) is 0 Å². The van der Waals surface area contributed by atoms with Gasteiger partial charge in [-0.3, -0.25) is 0 Å². The zero-order chi connectivity index (χ0) is 20.7. The van der Waals surface area contributed by atoms with Crippen LogP contribution in [0, 0.1) is 13.8 Å². The van der Waals surface area contributed by atoms with Crippen LogP contribution in [0.1, 0.15) is 98.6 Å². The van der Waals surface area contributed by atoms with Crippen LogP contribution < -0.4 is 0 Å². The Morgan fingerprint density at radius 1 is 0.750 bits per heavy atom. The van der Waals surface area contributed by atoms with Crippen molar-refractivity contribution >= 4 is 0 Å². The molecule has 1 atom stereocenters. The number of aromatic hydroxyl groups is 2. The minimum absolute atomic E-state index is 0.171. The number of phenolic OH excluding ortho intramolecular Hbond substituents is 2. The van der Waals surface area contributed by atoms with Gasteiger partial charge in [-0.15, -0.1) is 0 Å². The van der Waals surface area contributed by atoms with Crippen molar-refractivity contribution in [3.8, 4) is 11.5 Å². The third-order valence-corrected chi connectivity index (χ3v) is 5.72. The lowest BCUT2D eigenvalue weighted by molar-refractivity contribution is 0.459. The van der Waals surface area contributed by atoms with Crippen molar-refractivity contribution in [2.24, 2.45) is 0 Å². The number of rotatable bonds is 10. The highest BCUT2D eigenvalue weighted by molar-refractivity contribution is 5.53. The van der Waals surface area contributed by atoms with E-state index in [0.717, 1.165) is 68.1 Å². The summed E-state index contributed by atoms with van der Waals surface area (Å²) < 4.78 is 0. The Hall–Kier alpha value is -1.96. The maximum absolute atomic E-state index is 11.0. The molecule has 2 aromatic rings. The Morgan fingerprint density at radius 2 is 1.36 bits per heavy atom. The smallest absolute Gasteiger partial charge is 0.119 e. The second-order valence-corrected chi connectivity index (χ2v) is 8.24.